The van der Waals surface area contributed by atoms with Crippen LogP contribution in [0.25, 0.3) is 0 Å². The van der Waals surface area contributed by atoms with Crippen LogP contribution in [0.2, 0.25) is 5.02 Å². The van der Waals surface area contributed by atoms with Crippen molar-refractivity contribution in [3.05, 3.63) is 33.3 Å². The van der Waals surface area contributed by atoms with Crippen LogP contribution >= 0.6 is 27.5 Å². The van der Waals surface area contributed by atoms with Crippen molar-refractivity contribution in [1.29, 1.82) is 0 Å². The molecule has 0 unspecified atom stereocenters. The molecule has 1 N–H and O–H groups in total. The smallest absolute Gasteiger partial charge is 0.251 e. The molecule has 0 aliphatic heterocycles. The van der Waals surface area contributed by atoms with Crippen LogP contribution in [-0.4, -0.2) is 12.5 Å². The van der Waals surface area contributed by atoms with Crippen molar-refractivity contribution in [3.63, 3.8) is 0 Å². The molecule has 0 aliphatic rings. The van der Waals surface area contributed by atoms with Gasteiger partial charge in [-0.25, -0.2) is 0 Å². The van der Waals surface area contributed by atoms with Gasteiger partial charge in [0, 0.05) is 16.6 Å². The molecule has 20 heavy (non-hydrogen) atoms. The minimum absolute atomic E-state index is 0.0375. The minimum Gasteiger partial charge on any atom is -0.352 e. The SMILES string of the molecule is CC(C)CCCCCCNC(=O)c1ccc(Cl)c(Br)c1. The lowest BCUT2D eigenvalue weighted by Crippen LogP contribution is -2.24. The number of unbranched alkanes of at least 4 members (excludes halogenated alkanes) is 3. The second-order valence-electron chi connectivity index (χ2n) is 5.48. The van der Waals surface area contributed by atoms with Gasteiger partial charge in [-0.15, -0.1) is 0 Å². The Hall–Kier alpha value is -0.540. The maximum atomic E-state index is 11.9. The van der Waals surface area contributed by atoms with Crippen molar-refractivity contribution in [2.75, 3.05) is 6.54 Å². The summed E-state index contributed by atoms with van der Waals surface area (Å²) >= 11 is 9.23. The first-order valence-corrected chi connectivity index (χ1v) is 8.41. The summed E-state index contributed by atoms with van der Waals surface area (Å²) in [7, 11) is 0. The minimum atomic E-state index is -0.0375. The molecule has 0 fully saturated rings. The van der Waals surface area contributed by atoms with Crippen LogP contribution in [0.3, 0.4) is 0 Å². The van der Waals surface area contributed by atoms with Crippen LogP contribution in [0.1, 0.15) is 56.3 Å². The molecule has 2 nitrogen and oxygen atoms in total. The van der Waals surface area contributed by atoms with Crippen LogP contribution in [0.15, 0.2) is 22.7 Å². The molecular weight excluding hydrogens is 338 g/mol. The number of hydrogen-bond donors (Lipinski definition) is 1. The van der Waals surface area contributed by atoms with Crippen molar-refractivity contribution in [2.24, 2.45) is 5.92 Å². The van der Waals surface area contributed by atoms with Gasteiger partial charge in [0.25, 0.3) is 5.91 Å². The normalized spacial score (nSPS) is 10.8. The van der Waals surface area contributed by atoms with Crippen LogP contribution in [0.4, 0.5) is 0 Å². The Morgan fingerprint density at radius 3 is 2.60 bits per heavy atom. The molecule has 1 rings (SSSR count). The zero-order valence-electron chi connectivity index (χ0n) is 12.2. The monoisotopic (exact) mass is 359 g/mol. The molecule has 0 heterocycles. The maximum absolute atomic E-state index is 11.9. The Morgan fingerprint density at radius 2 is 1.95 bits per heavy atom. The predicted octanol–water partition coefficient (Wildman–Crippen LogP) is 5.44. The van der Waals surface area contributed by atoms with Gasteiger partial charge in [-0.3, -0.25) is 4.79 Å². The summed E-state index contributed by atoms with van der Waals surface area (Å²) in [5.41, 5.74) is 0.640. The number of amides is 1. The second kappa shape index (κ2) is 9.41. The summed E-state index contributed by atoms with van der Waals surface area (Å²) in [4.78, 5) is 11.9. The van der Waals surface area contributed by atoms with E-state index in [1.54, 1.807) is 18.2 Å². The first-order chi connectivity index (χ1) is 9.50. The van der Waals surface area contributed by atoms with E-state index in [1.165, 1.54) is 25.7 Å². The Morgan fingerprint density at radius 1 is 1.25 bits per heavy atom. The highest BCUT2D eigenvalue weighted by molar-refractivity contribution is 9.10. The van der Waals surface area contributed by atoms with Crippen molar-refractivity contribution in [3.8, 4) is 0 Å². The standard InChI is InChI=1S/C16H23BrClNO/c1-12(2)7-5-3-4-6-10-19-16(20)13-8-9-15(18)14(17)11-13/h8-9,11-12H,3-7,10H2,1-2H3,(H,19,20). The molecule has 0 radical (unpaired) electrons. The van der Waals surface area contributed by atoms with E-state index >= 15 is 0 Å². The van der Waals surface area contributed by atoms with Gasteiger partial charge in [0.15, 0.2) is 0 Å². The molecule has 4 heteroatoms. The lowest BCUT2D eigenvalue weighted by Gasteiger charge is -2.07. The second-order valence-corrected chi connectivity index (χ2v) is 6.74. The molecule has 0 atom stereocenters. The number of carbonyl (C=O) groups is 1. The molecule has 1 aromatic rings. The molecular formula is C16H23BrClNO. The largest absolute Gasteiger partial charge is 0.352 e. The number of hydrogen-bond acceptors (Lipinski definition) is 1. The van der Waals surface area contributed by atoms with Crippen LogP contribution in [0, 0.1) is 5.92 Å². The maximum Gasteiger partial charge on any atom is 0.251 e. The van der Waals surface area contributed by atoms with Crippen molar-refractivity contribution in [2.45, 2.75) is 46.0 Å². The van der Waals surface area contributed by atoms with Gasteiger partial charge in [0.2, 0.25) is 0 Å². The van der Waals surface area contributed by atoms with Gasteiger partial charge in [-0.1, -0.05) is 51.1 Å². The number of benzene rings is 1. The van der Waals surface area contributed by atoms with Crippen molar-refractivity contribution >= 4 is 33.4 Å². The quantitative estimate of drug-likeness (QED) is 0.615. The summed E-state index contributed by atoms with van der Waals surface area (Å²) in [5, 5.41) is 3.56. The van der Waals surface area contributed by atoms with Gasteiger partial charge in [0.1, 0.15) is 0 Å². The highest BCUT2D eigenvalue weighted by atomic mass is 79.9. The zero-order chi connectivity index (χ0) is 15.0. The molecule has 0 saturated heterocycles. The van der Waals surface area contributed by atoms with Gasteiger partial charge in [-0.05, 0) is 46.5 Å². The summed E-state index contributed by atoms with van der Waals surface area (Å²) in [5.74, 6) is 0.752. The lowest BCUT2D eigenvalue weighted by atomic mass is 10.0. The van der Waals surface area contributed by atoms with E-state index in [0.29, 0.717) is 10.6 Å². The van der Waals surface area contributed by atoms with Gasteiger partial charge >= 0.3 is 0 Å². The fourth-order valence-electron chi connectivity index (χ4n) is 1.97. The van der Waals surface area contributed by atoms with Crippen molar-refractivity contribution in [1.82, 2.24) is 5.32 Å². The molecule has 1 amide bonds. The molecule has 0 spiro atoms. The highest BCUT2D eigenvalue weighted by Gasteiger charge is 2.06. The summed E-state index contributed by atoms with van der Waals surface area (Å²) in [6, 6.07) is 5.22. The molecule has 112 valence electrons. The van der Waals surface area contributed by atoms with Gasteiger partial charge < -0.3 is 5.32 Å². The fourth-order valence-corrected chi connectivity index (χ4v) is 2.47. The summed E-state index contributed by atoms with van der Waals surface area (Å²) < 4.78 is 0.750. The molecule has 0 aliphatic carbocycles. The van der Waals surface area contributed by atoms with Gasteiger partial charge in [-0.2, -0.15) is 0 Å². The summed E-state index contributed by atoms with van der Waals surface area (Å²) in [6.45, 7) is 5.25. The third-order valence-electron chi connectivity index (χ3n) is 3.18. The highest BCUT2D eigenvalue weighted by Crippen LogP contribution is 2.23. The number of rotatable bonds is 8. The Bertz CT molecular complexity index is 434. The van der Waals surface area contributed by atoms with E-state index < -0.39 is 0 Å². The number of carbonyl (C=O) groups excluding carboxylic acids is 1. The summed E-state index contributed by atoms with van der Waals surface area (Å²) in [6.07, 6.45) is 6.05. The van der Waals surface area contributed by atoms with Crippen molar-refractivity contribution < 1.29 is 4.79 Å². The Kier molecular flexibility index (Phi) is 8.24. The first-order valence-electron chi connectivity index (χ1n) is 7.24. The third-order valence-corrected chi connectivity index (χ3v) is 4.39. The van der Waals surface area contributed by atoms with E-state index in [0.717, 1.165) is 23.4 Å². The van der Waals surface area contributed by atoms with E-state index in [-0.39, 0.29) is 5.91 Å². The van der Waals surface area contributed by atoms with E-state index in [1.807, 2.05) is 0 Å². The lowest BCUT2D eigenvalue weighted by molar-refractivity contribution is 0.0953. The average Bonchev–Trinajstić information content (AvgIpc) is 2.40. The Balaban J connectivity index is 2.18. The molecule has 0 aromatic heterocycles. The average molecular weight is 361 g/mol. The van der Waals surface area contributed by atoms with E-state index in [2.05, 4.69) is 35.1 Å². The third kappa shape index (κ3) is 6.76. The number of nitrogens with one attached hydrogen (secondary N) is 1. The fraction of sp³-hybridized carbons (Fsp3) is 0.562. The zero-order valence-corrected chi connectivity index (χ0v) is 14.6. The van der Waals surface area contributed by atoms with Gasteiger partial charge in [0.05, 0.1) is 5.02 Å². The predicted molar refractivity (Wildman–Crippen MR) is 89.4 cm³/mol. The first kappa shape index (κ1) is 17.5. The van der Waals surface area contributed by atoms with E-state index in [9.17, 15) is 4.79 Å². The molecule has 0 bridgehead atoms. The van der Waals surface area contributed by atoms with E-state index in [4.69, 9.17) is 11.6 Å². The van der Waals surface area contributed by atoms with Crippen LogP contribution in [-0.2, 0) is 0 Å². The number of halogens is 2. The van der Waals surface area contributed by atoms with Crippen LogP contribution < -0.4 is 5.32 Å². The topological polar surface area (TPSA) is 29.1 Å². The Labute approximate surface area is 135 Å². The van der Waals surface area contributed by atoms with Crippen LogP contribution in [0.5, 0.6) is 0 Å². The molecule has 1 aromatic carbocycles. The molecule has 0 saturated carbocycles.